The smallest absolute Gasteiger partial charge is 0.228 e. The topological polar surface area (TPSA) is 41.1 Å². The summed E-state index contributed by atoms with van der Waals surface area (Å²) in [5.41, 5.74) is 1.46. The molecule has 5 heteroatoms. The molecule has 1 fully saturated rings. The van der Waals surface area contributed by atoms with Gasteiger partial charge in [0.1, 0.15) is 0 Å². The molecule has 2 aliphatic rings. The number of halogens is 1. The van der Waals surface area contributed by atoms with Crippen LogP contribution >= 0.6 is 24.2 Å². The molecule has 1 aromatic rings. The standard InChI is InChI=1S/C16H22N2OS.ClH/c1-16(6-8-17-9-7-16)11-18-15(19)13-10-20-14-5-3-2-4-12(13)14;/h2-5,13,17H,6-11H2,1H3,(H,18,19);1H. The molecule has 3 rings (SSSR count). The van der Waals surface area contributed by atoms with Crippen molar-refractivity contribution in [1.29, 1.82) is 0 Å². The fourth-order valence-electron chi connectivity index (χ4n) is 3.01. The van der Waals surface area contributed by atoms with Crippen LogP contribution in [-0.4, -0.2) is 31.3 Å². The number of rotatable bonds is 3. The maximum atomic E-state index is 12.5. The first kappa shape index (κ1) is 16.7. The molecule has 0 saturated carbocycles. The van der Waals surface area contributed by atoms with E-state index in [0.717, 1.165) is 38.2 Å². The summed E-state index contributed by atoms with van der Waals surface area (Å²) in [6, 6.07) is 8.27. The van der Waals surface area contributed by atoms with Crippen LogP contribution in [0.4, 0.5) is 0 Å². The number of nitrogens with one attached hydrogen (secondary N) is 2. The van der Waals surface area contributed by atoms with Gasteiger partial charge in [-0.15, -0.1) is 24.2 Å². The van der Waals surface area contributed by atoms with Gasteiger partial charge in [0.05, 0.1) is 5.92 Å². The van der Waals surface area contributed by atoms with E-state index in [2.05, 4.69) is 29.7 Å². The predicted octanol–water partition coefficient (Wildman–Crippen LogP) is 2.80. The molecule has 2 heterocycles. The van der Waals surface area contributed by atoms with Gasteiger partial charge in [-0.05, 0) is 43.0 Å². The van der Waals surface area contributed by atoms with Crippen LogP contribution in [0.15, 0.2) is 29.2 Å². The second-order valence-electron chi connectivity index (χ2n) is 6.18. The largest absolute Gasteiger partial charge is 0.355 e. The summed E-state index contributed by atoms with van der Waals surface area (Å²) < 4.78 is 0. The molecular weight excluding hydrogens is 304 g/mol. The van der Waals surface area contributed by atoms with Crippen LogP contribution in [0, 0.1) is 5.41 Å². The van der Waals surface area contributed by atoms with Crippen molar-refractivity contribution in [1.82, 2.24) is 10.6 Å². The minimum absolute atomic E-state index is 0. The van der Waals surface area contributed by atoms with Crippen LogP contribution in [0.5, 0.6) is 0 Å². The van der Waals surface area contributed by atoms with E-state index in [1.54, 1.807) is 11.8 Å². The number of fused-ring (bicyclic) bond motifs is 1. The average molecular weight is 327 g/mol. The van der Waals surface area contributed by atoms with Crippen molar-refractivity contribution in [2.24, 2.45) is 5.41 Å². The number of benzene rings is 1. The Balaban J connectivity index is 0.00000161. The molecule has 0 spiro atoms. The van der Waals surface area contributed by atoms with E-state index < -0.39 is 0 Å². The first-order valence-corrected chi connectivity index (χ1v) is 8.37. The molecule has 1 saturated heterocycles. The third-order valence-electron chi connectivity index (χ3n) is 4.52. The molecule has 2 N–H and O–H groups in total. The van der Waals surface area contributed by atoms with Gasteiger partial charge in [0, 0.05) is 17.2 Å². The molecule has 21 heavy (non-hydrogen) atoms. The molecule has 116 valence electrons. The first-order valence-electron chi connectivity index (χ1n) is 7.38. The number of hydrogen-bond acceptors (Lipinski definition) is 3. The number of amides is 1. The zero-order valence-corrected chi connectivity index (χ0v) is 14.0. The van der Waals surface area contributed by atoms with E-state index in [9.17, 15) is 4.79 Å². The summed E-state index contributed by atoms with van der Waals surface area (Å²) in [4.78, 5) is 13.7. The quantitative estimate of drug-likeness (QED) is 0.897. The van der Waals surface area contributed by atoms with Crippen molar-refractivity contribution in [2.75, 3.05) is 25.4 Å². The molecule has 2 aliphatic heterocycles. The fraction of sp³-hybridized carbons (Fsp3) is 0.562. The minimum atomic E-state index is 0. The van der Waals surface area contributed by atoms with Crippen molar-refractivity contribution in [3.05, 3.63) is 29.8 Å². The number of carbonyl (C=O) groups is 1. The maximum Gasteiger partial charge on any atom is 0.228 e. The Morgan fingerprint density at radius 2 is 2.10 bits per heavy atom. The number of thioether (sulfide) groups is 1. The Bertz CT molecular complexity index is 503. The lowest BCUT2D eigenvalue weighted by Crippen LogP contribution is -2.44. The van der Waals surface area contributed by atoms with Crippen LogP contribution in [0.2, 0.25) is 0 Å². The molecule has 0 bridgehead atoms. The second kappa shape index (κ2) is 7.03. The van der Waals surface area contributed by atoms with Gasteiger partial charge in [-0.25, -0.2) is 0 Å². The predicted molar refractivity (Wildman–Crippen MR) is 90.4 cm³/mol. The van der Waals surface area contributed by atoms with Gasteiger partial charge in [-0.3, -0.25) is 4.79 Å². The van der Waals surface area contributed by atoms with Gasteiger partial charge < -0.3 is 10.6 Å². The summed E-state index contributed by atoms with van der Waals surface area (Å²) in [6.45, 7) is 5.21. The van der Waals surface area contributed by atoms with Gasteiger partial charge in [-0.1, -0.05) is 25.1 Å². The Hall–Kier alpha value is -0.710. The molecule has 3 nitrogen and oxygen atoms in total. The van der Waals surface area contributed by atoms with Crippen LogP contribution in [0.25, 0.3) is 0 Å². The highest BCUT2D eigenvalue weighted by molar-refractivity contribution is 7.99. The van der Waals surface area contributed by atoms with E-state index in [1.165, 1.54) is 10.5 Å². The number of piperidine rings is 1. The Labute approximate surface area is 137 Å². The molecule has 1 atom stereocenters. The SMILES string of the molecule is CC1(CNC(=O)C2CSc3ccccc32)CCNCC1.Cl. The van der Waals surface area contributed by atoms with Crippen LogP contribution in [0.1, 0.15) is 31.2 Å². The molecule has 0 aromatic heterocycles. The van der Waals surface area contributed by atoms with Gasteiger partial charge >= 0.3 is 0 Å². The summed E-state index contributed by atoms with van der Waals surface area (Å²) in [5, 5.41) is 6.58. The van der Waals surface area contributed by atoms with Gasteiger partial charge in [-0.2, -0.15) is 0 Å². The molecule has 1 aromatic carbocycles. The lowest BCUT2D eigenvalue weighted by atomic mass is 9.81. The van der Waals surface area contributed by atoms with E-state index in [1.807, 2.05) is 12.1 Å². The minimum Gasteiger partial charge on any atom is -0.355 e. The molecule has 0 aliphatic carbocycles. The van der Waals surface area contributed by atoms with E-state index in [0.29, 0.717) is 0 Å². The van der Waals surface area contributed by atoms with Crippen molar-refractivity contribution in [3.8, 4) is 0 Å². The molecule has 1 amide bonds. The highest BCUT2D eigenvalue weighted by Crippen LogP contribution is 2.39. The summed E-state index contributed by atoms with van der Waals surface area (Å²) in [5.74, 6) is 1.10. The average Bonchev–Trinajstić information content (AvgIpc) is 2.90. The van der Waals surface area contributed by atoms with Gasteiger partial charge in [0.25, 0.3) is 0 Å². The van der Waals surface area contributed by atoms with Crippen molar-refractivity contribution in [3.63, 3.8) is 0 Å². The monoisotopic (exact) mass is 326 g/mol. The Kier molecular flexibility index (Phi) is 5.58. The van der Waals surface area contributed by atoms with E-state index >= 15 is 0 Å². The van der Waals surface area contributed by atoms with Gasteiger partial charge in [0.2, 0.25) is 5.91 Å². The molecule has 0 radical (unpaired) electrons. The summed E-state index contributed by atoms with van der Waals surface area (Å²) in [6.07, 6.45) is 2.28. The molecular formula is C16H23ClN2OS. The zero-order chi connectivity index (χ0) is 14.0. The maximum absolute atomic E-state index is 12.5. The third-order valence-corrected chi connectivity index (χ3v) is 5.70. The zero-order valence-electron chi connectivity index (χ0n) is 12.4. The van der Waals surface area contributed by atoms with Crippen molar-refractivity contribution in [2.45, 2.75) is 30.6 Å². The number of hydrogen-bond donors (Lipinski definition) is 2. The normalized spacial score (nSPS) is 23.0. The van der Waals surface area contributed by atoms with Crippen LogP contribution in [0.3, 0.4) is 0 Å². The van der Waals surface area contributed by atoms with E-state index in [4.69, 9.17) is 0 Å². The van der Waals surface area contributed by atoms with Crippen LogP contribution in [-0.2, 0) is 4.79 Å². The first-order chi connectivity index (χ1) is 9.68. The summed E-state index contributed by atoms with van der Waals surface area (Å²) in [7, 11) is 0. The fourth-order valence-corrected chi connectivity index (χ4v) is 4.24. The second-order valence-corrected chi connectivity index (χ2v) is 7.24. The van der Waals surface area contributed by atoms with Gasteiger partial charge in [0.15, 0.2) is 0 Å². The summed E-state index contributed by atoms with van der Waals surface area (Å²) >= 11 is 1.79. The Morgan fingerprint density at radius 3 is 2.86 bits per heavy atom. The van der Waals surface area contributed by atoms with Crippen molar-refractivity contribution < 1.29 is 4.79 Å². The lowest BCUT2D eigenvalue weighted by molar-refractivity contribution is -0.122. The number of carbonyl (C=O) groups excluding carboxylic acids is 1. The Morgan fingerprint density at radius 1 is 1.38 bits per heavy atom. The van der Waals surface area contributed by atoms with Crippen LogP contribution < -0.4 is 10.6 Å². The highest BCUT2D eigenvalue weighted by atomic mass is 35.5. The van der Waals surface area contributed by atoms with E-state index in [-0.39, 0.29) is 29.6 Å². The third kappa shape index (κ3) is 3.74. The highest BCUT2D eigenvalue weighted by Gasteiger charge is 2.31. The van der Waals surface area contributed by atoms with Crippen molar-refractivity contribution >= 4 is 30.1 Å². The lowest BCUT2D eigenvalue weighted by Gasteiger charge is -2.34. The molecule has 1 unspecified atom stereocenters.